The second-order valence-corrected chi connectivity index (χ2v) is 3.60. The van der Waals surface area contributed by atoms with Crippen LogP contribution in [0.1, 0.15) is 16.1 Å². The molecule has 0 saturated carbocycles. The van der Waals surface area contributed by atoms with Gasteiger partial charge in [-0.15, -0.1) is 0 Å². The quantitative estimate of drug-likeness (QED) is 0.656. The van der Waals surface area contributed by atoms with Crippen LogP contribution in [0.5, 0.6) is 0 Å². The Morgan fingerprint density at radius 3 is 2.89 bits per heavy atom. The van der Waals surface area contributed by atoms with Gasteiger partial charge in [-0.1, -0.05) is 18.2 Å². The molecule has 2 rings (SSSR count). The zero-order valence-corrected chi connectivity index (χ0v) is 9.67. The molecule has 0 atom stereocenters. The molecule has 5 nitrogen and oxygen atoms in total. The molecule has 0 aliphatic rings. The van der Waals surface area contributed by atoms with Crippen molar-refractivity contribution in [1.29, 1.82) is 0 Å². The Morgan fingerprint density at radius 2 is 2.22 bits per heavy atom. The van der Waals surface area contributed by atoms with E-state index in [4.69, 9.17) is 0 Å². The molecule has 92 valence electrons. The Bertz CT molecular complexity index is 591. The van der Waals surface area contributed by atoms with E-state index in [2.05, 4.69) is 15.6 Å². The molecule has 0 aliphatic carbocycles. The number of benzene rings is 1. The van der Waals surface area contributed by atoms with Crippen LogP contribution in [0.25, 0.3) is 0 Å². The van der Waals surface area contributed by atoms with Crippen LogP contribution in [0.2, 0.25) is 0 Å². The molecule has 1 aromatic heterocycles. The van der Waals surface area contributed by atoms with E-state index in [-0.39, 0.29) is 5.69 Å². The van der Waals surface area contributed by atoms with E-state index in [1.807, 2.05) is 0 Å². The third kappa shape index (κ3) is 2.79. The van der Waals surface area contributed by atoms with Crippen molar-refractivity contribution in [3.8, 4) is 0 Å². The van der Waals surface area contributed by atoms with Crippen LogP contribution in [0.3, 0.4) is 0 Å². The molecule has 0 unspecified atom stereocenters. The van der Waals surface area contributed by atoms with Gasteiger partial charge in [0, 0.05) is 18.8 Å². The summed E-state index contributed by atoms with van der Waals surface area (Å²) in [5.41, 5.74) is 2.83. The highest BCUT2D eigenvalue weighted by molar-refractivity contribution is 5.93. The van der Waals surface area contributed by atoms with E-state index in [0.717, 1.165) is 0 Å². The van der Waals surface area contributed by atoms with Gasteiger partial charge in [0.2, 0.25) is 0 Å². The smallest absolute Gasteiger partial charge is 0.275 e. The predicted molar refractivity (Wildman–Crippen MR) is 64.7 cm³/mol. The van der Waals surface area contributed by atoms with Crippen LogP contribution in [0.4, 0.5) is 4.39 Å². The summed E-state index contributed by atoms with van der Waals surface area (Å²) < 4.78 is 14.7. The summed E-state index contributed by atoms with van der Waals surface area (Å²) >= 11 is 0. The Morgan fingerprint density at radius 1 is 1.44 bits per heavy atom. The number of hydrogen-bond donors (Lipinski definition) is 1. The van der Waals surface area contributed by atoms with Crippen LogP contribution in [-0.2, 0) is 7.05 Å². The van der Waals surface area contributed by atoms with Gasteiger partial charge in [0.1, 0.15) is 5.82 Å². The molecule has 18 heavy (non-hydrogen) atoms. The highest BCUT2D eigenvalue weighted by Crippen LogP contribution is 2.02. The lowest BCUT2D eigenvalue weighted by molar-refractivity contribution is 0.0949. The summed E-state index contributed by atoms with van der Waals surface area (Å²) in [6.45, 7) is 0. The minimum Gasteiger partial charge on any atom is -0.275 e. The summed E-state index contributed by atoms with van der Waals surface area (Å²) in [5, 5.41) is 7.58. The largest absolute Gasteiger partial charge is 0.291 e. The highest BCUT2D eigenvalue weighted by Gasteiger charge is 2.06. The number of aryl methyl sites for hydroxylation is 1. The van der Waals surface area contributed by atoms with Crippen molar-refractivity contribution in [3.05, 3.63) is 53.6 Å². The highest BCUT2D eigenvalue weighted by atomic mass is 19.1. The van der Waals surface area contributed by atoms with E-state index in [9.17, 15) is 9.18 Å². The fraction of sp³-hybridized carbons (Fsp3) is 0.0833. The number of nitrogens with zero attached hydrogens (tertiary/aromatic N) is 3. The molecule has 6 heteroatoms. The first kappa shape index (κ1) is 12.0. The molecule has 0 aliphatic heterocycles. The van der Waals surface area contributed by atoms with Gasteiger partial charge in [-0.05, 0) is 12.1 Å². The fourth-order valence-electron chi connectivity index (χ4n) is 1.33. The third-order valence-electron chi connectivity index (χ3n) is 2.22. The molecular formula is C12H11FN4O. The van der Waals surface area contributed by atoms with Crippen LogP contribution >= 0.6 is 0 Å². The molecule has 0 fully saturated rings. The summed E-state index contributed by atoms with van der Waals surface area (Å²) in [6, 6.07) is 7.71. The number of nitrogens with one attached hydrogen (secondary N) is 1. The maximum absolute atomic E-state index is 13.2. The van der Waals surface area contributed by atoms with Crippen molar-refractivity contribution >= 4 is 12.1 Å². The Balaban J connectivity index is 2.00. The first-order valence-corrected chi connectivity index (χ1v) is 5.24. The van der Waals surface area contributed by atoms with Crippen molar-refractivity contribution in [1.82, 2.24) is 15.2 Å². The van der Waals surface area contributed by atoms with Gasteiger partial charge in [-0.25, -0.2) is 9.82 Å². The molecular weight excluding hydrogens is 235 g/mol. The number of aromatic nitrogens is 2. The Labute approximate surface area is 103 Å². The summed E-state index contributed by atoms with van der Waals surface area (Å²) in [6.07, 6.45) is 2.89. The maximum atomic E-state index is 13.2. The topological polar surface area (TPSA) is 59.3 Å². The number of carbonyl (C=O) groups excluding carboxylic acids is 1. The molecule has 1 amide bonds. The summed E-state index contributed by atoms with van der Waals surface area (Å²) in [5.74, 6) is -0.837. The summed E-state index contributed by atoms with van der Waals surface area (Å²) in [7, 11) is 1.71. The van der Waals surface area contributed by atoms with E-state index in [0.29, 0.717) is 5.56 Å². The molecule has 1 heterocycles. The van der Waals surface area contributed by atoms with Gasteiger partial charge in [-0.2, -0.15) is 10.2 Å². The van der Waals surface area contributed by atoms with E-state index in [1.54, 1.807) is 37.5 Å². The van der Waals surface area contributed by atoms with Crippen molar-refractivity contribution in [3.63, 3.8) is 0 Å². The third-order valence-corrected chi connectivity index (χ3v) is 2.22. The lowest BCUT2D eigenvalue weighted by Crippen LogP contribution is -2.18. The first-order chi connectivity index (χ1) is 8.66. The van der Waals surface area contributed by atoms with Crippen molar-refractivity contribution in [2.24, 2.45) is 12.1 Å². The number of hydrogen-bond acceptors (Lipinski definition) is 3. The van der Waals surface area contributed by atoms with E-state index < -0.39 is 11.7 Å². The van der Waals surface area contributed by atoms with Crippen LogP contribution in [0.15, 0.2) is 41.6 Å². The number of rotatable bonds is 3. The average molecular weight is 246 g/mol. The van der Waals surface area contributed by atoms with Crippen molar-refractivity contribution in [2.75, 3.05) is 0 Å². The summed E-state index contributed by atoms with van der Waals surface area (Å²) in [4.78, 5) is 11.5. The van der Waals surface area contributed by atoms with Crippen LogP contribution in [0, 0.1) is 5.82 Å². The maximum Gasteiger partial charge on any atom is 0.291 e. The SMILES string of the molecule is Cn1ccc(C(=O)N/N=C\c2ccccc2F)n1. The zero-order valence-electron chi connectivity index (χ0n) is 9.67. The predicted octanol–water partition coefficient (Wildman–Crippen LogP) is 1.32. The van der Waals surface area contributed by atoms with Crippen molar-refractivity contribution in [2.45, 2.75) is 0 Å². The normalized spacial score (nSPS) is 10.8. The molecule has 0 radical (unpaired) electrons. The Kier molecular flexibility index (Phi) is 3.47. The van der Waals surface area contributed by atoms with Crippen LogP contribution < -0.4 is 5.43 Å². The number of halogens is 1. The fourth-order valence-corrected chi connectivity index (χ4v) is 1.33. The molecule has 1 aromatic carbocycles. The van der Waals surface area contributed by atoms with Gasteiger partial charge < -0.3 is 0 Å². The second-order valence-electron chi connectivity index (χ2n) is 3.60. The van der Waals surface area contributed by atoms with E-state index in [1.165, 1.54) is 17.0 Å². The van der Waals surface area contributed by atoms with Crippen LogP contribution in [-0.4, -0.2) is 21.9 Å². The van der Waals surface area contributed by atoms with Crippen molar-refractivity contribution < 1.29 is 9.18 Å². The molecule has 0 bridgehead atoms. The van der Waals surface area contributed by atoms with Gasteiger partial charge in [0.25, 0.3) is 5.91 Å². The average Bonchev–Trinajstić information content (AvgIpc) is 2.78. The number of amides is 1. The van der Waals surface area contributed by atoms with E-state index >= 15 is 0 Å². The minimum absolute atomic E-state index is 0.253. The van der Waals surface area contributed by atoms with Gasteiger partial charge in [0.05, 0.1) is 6.21 Å². The van der Waals surface area contributed by atoms with Gasteiger partial charge in [0.15, 0.2) is 5.69 Å². The zero-order chi connectivity index (χ0) is 13.0. The Hall–Kier alpha value is -2.50. The molecule has 0 saturated heterocycles. The van der Waals surface area contributed by atoms with Gasteiger partial charge >= 0.3 is 0 Å². The first-order valence-electron chi connectivity index (χ1n) is 5.24. The number of hydrazone groups is 1. The minimum atomic E-state index is -0.441. The standard InChI is InChI=1S/C12H11FN4O/c1-17-7-6-11(16-17)12(18)15-14-8-9-4-2-3-5-10(9)13/h2-8H,1H3,(H,15,18)/b14-8-. The lowest BCUT2D eigenvalue weighted by Gasteiger charge is -1.96. The second kappa shape index (κ2) is 5.22. The number of carbonyl (C=O) groups is 1. The molecule has 2 aromatic rings. The molecule has 1 N–H and O–H groups in total. The lowest BCUT2D eigenvalue weighted by atomic mass is 10.2. The monoisotopic (exact) mass is 246 g/mol. The molecule has 0 spiro atoms. The van der Waals surface area contributed by atoms with Gasteiger partial charge in [-0.3, -0.25) is 9.48 Å².